The second-order valence-corrected chi connectivity index (χ2v) is 6.90. The summed E-state index contributed by atoms with van der Waals surface area (Å²) in [4.78, 5) is 26.7. The van der Waals surface area contributed by atoms with Crippen LogP contribution in [0.2, 0.25) is 0 Å². The molecule has 2 fully saturated rings. The Kier molecular flexibility index (Phi) is 6.24. The lowest BCUT2D eigenvalue weighted by atomic mass is 9.94. The molecule has 3 unspecified atom stereocenters. The van der Waals surface area contributed by atoms with Gasteiger partial charge in [0.2, 0.25) is 11.8 Å². The van der Waals surface area contributed by atoms with E-state index in [1.54, 1.807) is 0 Å². The van der Waals surface area contributed by atoms with Crippen LogP contribution in [0.5, 0.6) is 0 Å². The molecule has 5 nitrogen and oxygen atoms in total. The van der Waals surface area contributed by atoms with Gasteiger partial charge in [0.05, 0.1) is 5.92 Å². The maximum Gasteiger partial charge on any atom is 0.225 e. The highest BCUT2D eigenvalue weighted by atomic mass is 16.3. The van der Waals surface area contributed by atoms with Crippen LogP contribution in [0, 0.1) is 17.8 Å². The van der Waals surface area contributed by atoms with Crippen molar-refractivity contribution in [3.05, 3.63) is 0 Å². The first-order valence-electron chi connectivity index (χ1n) is 8.76. The molecule has 1 aliphatic carbocycles. The maximum atomic E-state index is 12.5. The number of piperidine rings is 1. The minimum atomic E-state index is -0.0956. The van der Waals surface area contributed by atoms with E-state index >= 15 is 0 Å². The van der Waals surface area contributed by atoms with Crippen LogP contribution < -0.4 is 5.32 Å². The summed E-state index contributed by atoms with van der Waals surface area (Å²) < 4.78 is 0. The highest BCUT2D eigenvalue weighted by Gasteiger charge is 2.35. The van der Waals surface area contributed by atoms with E-state index in [9.17, 15) is 9.59 Å². The number of aliphatic hydroxyl groups is 1. The van der Waals surface area contributed by atoms with E-state index in [4.69, 9.17) is 5.11 Å². The van der Waals surface area contributed by atoms with Crippen molar-refractivity contribution in [2.75, 3.05) is 19.7 Å². The van der Waals surface area contributed by atoms with Crippen LogP contribution in [0.1, 0.15) is 52.4 Å². The van der Waals surface area contributed by atoms with Gasteiger partial charge in [-0.1, -0.05) is 13.8 Å². The first-order valence-corrected chi connectivity index (χ1v) is 8.76. The van der Waals surface area contributed by atoms with E-state index in [-0.39, 0.29) is 36.3 Å². The second-order valence-electron chi connectivity index (χ2n) is 6.90. The monoisotopic (exact) mass is 310 g/mol. The van der Waals surface area contributed by atoms with Crippen LogP contribution in [0.4, 0.5) is 0 Å². The molecule has 0 aromatic heterocycles. The van der Waals surface area contributed by atoms with Gasteiger partial charge in [-0.15, -0.1) is 0 Å². The molecule has 0 bridgehead atoms. The summed E-state index contributed by atoms with van der Waals surface area (Å²) in [5.41, 5.74) is 0. The standard InChI is InChI=1S/C17H30N2O3/c1-3-12(2)17(22)19-9-4-5-14(11-19)16(21)18-15(8-10-20)13-6-7-13/h12-15,20H,3-11H2,1-2H3,(H,18,21). The molecule has 1 aliphatic heterocycles. The van der Waals surface area contributed by atoms with Gasteiger partial charge in [0.15, 0.2) is 0 Å². The van der Waals surface area contributed by atoms with E-state index in [0.29, 0.717) is 18.9 Å². The van der Waals surface area contributed by atoms with Crippen molar-refractivity contribution >= 4 is 11.8 Å². The fourth-order valence-corrected chi connectivity index (χ4v) is 3.24. The maximum absolute atomic E-state index is 12.5. The highest BCUT2D eigenvalue weighted by molar-refractivity contribution is 5.82. The highest BCUT2D eigenvalue weighted by Crippen LogP contribution is 2.34. The summed E-state index contributed by atoms with van der Waals surface area (Å²) in [6.45, 7) is 5.41. The van der Waals surface area contributed by atoms with Gasteiger partial charge in [0, 0.05) is 31.7 Å². The predicted octanol–water partition coefficient (Wildman–Crippen LogP) is 1.55. The second kappa shape index (κ2) is 7.95. The Morgan fingerprint density at radius 1 is 1.32 bits per heavy atom. The van der Waals surface area contributed by atoms with Gasteiger partial charge >= 0.3 is 0 Å². The van der Waals surface area contributed by atoms with E-state index in [2.05, 4.69) is 5.32 Å². The molecule has 1 saturated carbocycles. The lowest BCUT2D eigenvalue weighted by Gasteiger charge is -2.34. The van der Waals surface area contributed by atoms with E-state index in [1.807, 2.05) is 18.7 Å². The van der Waals surface area contributed by atoms with Gasteiger partial charge in [-0.2, -0.15) is 0 Å². The third-order valence-electron chi connectivity index (χ3n) is 5.10. The van der Waals surface area contributed by atoms with Crippen molar-refractivity contribution in [1.82, 2.24) is 10.2 Å². The van der Waals surface area contributed by atoms with Crippen molar-refractivity contribution in [3.8, 4) is 0 Å². The summed E-state index contributed by atoms with van der Waals surface area (Å²) in [6, 6.07) is 0.109. The number of carbonyl (C=O) groups is 2. The lowest BCUT2D eigenvalue weighted by Crippen LogP contribution is -2.49. The number of rotatable bonds is 7. The number of hydrogen-bond donors (Lipinski definition) is 2. The Balaban J connectivity index is 1.87. The zero-order valence-corrected chi connectivity index (χ0v) is 13.9. The summed E-state index contributed by atoms with van der Waals surface area (Å²) >= 11 is 0. The van der Waals surface area contributed by atoms with Gasteiger partial charge in [-0.3, -0.25) is 9.59 Å². The molecule has 126 valence electrons. The van der Waals surface area contributed by atoms with Gasteiger partial charge in [0.25, 0.3) is 0 Å². The van der Waals surface area contributed by atoms with Gasteiger partial charge < -0.3 is 15.3 Å². The number of nitrogens with one attached hydrogen (secondary N) is 1. The average molecular weight is 310 g/mol. The summed E-state index contributed by atoms with van der Waals surface area (Å²) in [7, 11) is 0. The van der Waals surface area contributed by atoms with Crippen molar-refractivity contribution in [1.29, 1.82) is 0 Å². The van der Waals surface area contributed by atoms with Gasteiger partial charge in [-0.05, 0) is 44.4 Å². The third-order valence-corrected chi connectivity index (χ3v) is 5.10. The fourth-order valence-electron chi connectivity index (χ4n) is 3.24. The Bertz CT molecular complexity index is 395. The van der Waals surface area contributed by atoms with Crippen LogP contribution in [0.15, 0.2) is 0 Å². The minimum Gasteiger partial charge on any atom is -0.396 e. The molecule has 0 radical (unpaired) electrons. The number of carbonyl (C=O) groups excluding carboxylic acids is 2. The average Bonchev–Trinajstić information content (AvgIpc) is 3.37. The molecule has 1 heterocycles. The molecule has 2 amide bonds. The lowest BCUT2D eigenvalue weighted by molar-refractivity contribution is -0.139. The van der Waals surface area contributed by atoms with Crippen molar-refractivity contribution in [2.24, 2.45) is 17.8 Å². The number of amides is 2. The van der Waals surface area contributed by atoms with Gasteiger partial charge in [0.1, 0.15) is 0 Å². The Morgan fingerprint density at radius 2 is 2.05 bits per heavy atom. The third kappa shape index (κ3) is 4.45. The molecular formula is C17H30N2O3. The zero-order valence-electron chi connectivity index (χ0n) is 13.9. The first-order chi connectivity index (χ1) is 10.6. The van der Waals surface area contributed by atoms with Crippen LogP contribution >= 0.6 is 0 Å². The zero-order chi connectivity index (χ0) is 16.1. The molecule has 3 atom stereocenters. The fraction of sp³-hybridized carbons (Fsp3) is 0.882. The number of nitrogens with zero attached hydrogens (tertiary/aromatic N) is 1. The van der Waals surface area contributed by atoms with Crippen LogP contribution in [0.3, 0.4) is 0 Å². The van der Waals surface area contributed by atoms with E-state index in [0.717, 1.165) is 38.6 Å². The molecule has 1 saturated heterocycles. The molecule has 5 heteroatoms. The quantitative estimate of drug-likeness (QED) is 0.749. The van der Waals surface area contributed by atoms with Crippen molar-refractivity contribution in [3.63, 3.8) is 0 Å². The van der Waals surface area contributed by atoms with Crippen molar-refractivity contribution in [2.45, 2.75) is 58.4 Å². The van der Waals surface area contributed by atoms with Crippen LogP contribution in [-0.4, -0.2) is 47.6 Å². The molecule has 2 rings (SSSR count). The van der Waals surface area contributed by atoms with Crippen LogP contribution in [-0.2, 0) is 9.59 Å². The summed E-state index contributed by atoms with van der Waals surface area (Å²) in [5.74, 6) is 0.718. The minimum absolute atomic E-state index is 0.0374. The van der Waals surface area contributed by atoms with Crippen molar-refractivity contribution < 1.29 is 14.7 Å². The summed E-state index contributed by atoms with van der Waals surface area (Å²) in [6.07, 6.45) is 5.52. The molecule has 2 aliphatic rings. The molecular weight excluding hydrogens is 280 g/mol. The molecule has 0 aromatic carbocycles. The number of likely N-dealkylation sites (tertiary alicyclic amines) is 1. The Hall–Kier alpha value is -1.10. The topological polar surface area (TPSA) is 69.6 Å². The number of hydrogen-bond acceptors (Lipinski definition) is 3. The van der Waals surface area contributed by atoms with Gasteiger partial charge in [-0.25, -0.2) is 0 Å². The predicted molar refractivity (Wildman–Crippen MR) is 85.1 cm³/mol. The van der Waals surface area contributed by atoms with E-state index in [1.165, 1.54) is 0 Å². The number of aliphatic hydroxyl groups excluding tert-OH is 1. The largest absolute Gasteiger partial charge is 0.396 e. The SMILES string of the molecule is CCC(C)C(=O)N1CCCC(C(=O)NC(CCO)C2CC2)C1. The van der Waals surface area contributed by atoms with Crippen LogP contribution in [0.25, 0.3) is 0 Å². The smallest absolute Gasteiger partial charge is 0.225 e. The Labute approximate surface area is 133 Å². The molecule has 2 N–H and O–H groups in total. The van der Waals surface area contributed by atoms with E-state index < -0.39 is 0 Å². The molecule has 0 spiro atoms. The molecule has 22 heavy (non-hydrogen) atoms. The summed E-state index contributed by atoms with van der Waals surface area (Å²) in [5, 5.41) is 12.3. The normalized spacial score (nSPS) is 24.7. The molecule has 0 aromatic rings. The Morgan fingerprint density at radius 3 is 2.64 bits per heavy atom. The first kappa shape index (κ1) is 17.3.